The average Bonchev–Trinajstić information content (AvgIpc) is 2.29. The summed E-state index contributed by atoms with van der Waals surface area (Å²) >= 11 is 0. The average molecular weight is 156 g/mol. The minimum absolute atomic E-state index is 0.0194. The van der Waals surface area contributed by atoms with Crippen LogP contribution in [0.5, 0.6) is 0 Å². The number of esters is 1. The van der Waals surface area contributed by atoms with E-state index in [-0.39, 0.29) is 11.9 Å². The van der Waals surface area contributed by atoms with Crippen LogP contribution in [0.2, 0.25) is 0 Å². The molecule has 1 heterocycles. The number of hydrogen-bond donors (Lipinski definition) is 0. The van der Waals surface area contributed by atoms with Crippen LogP contribution in [-0.2, 0) is 9.53 Å². The molecular formula is C9H16O2. The van der Waals surface area contributed by atoms with E-state index in [9.17, 15) is 4.79 Å². The van der Waals surface area contributed by atoms with E-state index in [0.29, 0.717) is 12.5 Å². The van der Waals surface area contributed by atoms with Crippen molar-refractivity contribution in [3.63, 3.8) is 0 Å². The Morgan fingerprint density at radius 1 is 1.64 bits per heavy atom. The van der Waals surface area contributed by atoms with E-state index >= 15 is 0 Å². The standard InChI is InChI=1S/C9H16O2/c1-3-4-5-8-7(2)6-11-9(8)10/h7-8H,3-6H2,1-2H3/t7-,8+/m0/s1. The van der Waals surface area contributed by atoms with Crippen LogP contribution in [0.1, 0.15) is 33.1 Å². The Morgan fingerprint density at radius 2 is 2.36 bits per heavy atom. The highest BCUT2D eigenvalue weighted by atomic mass is 16.5. The summed E-state index contributed by atoms with van der Waals surface area (Å²) in [4.78, 5) is 11.1. The minimum Gasteiger partial charge on any atom is -0.465 e. The van der Waals surface area contributed by atoms with Crippen molar-refractivity contribution in [1.29, 1.82) is 0 Å². The van der Waals surface area contributed by atoms with Gasteiger partial charge < -0.3 is 4.74 Å². The van der Waals surface area contributed by atoms with Crippen molar-refractivity contribution in [1.82, 2.24) is 0 Å². The molecule has 1 aliphatic heterocycles. The van der Waals surface area contributed by atoms with E-state index in [1.54, 1.807) is 0 Å². The molecule has 0 aliphatic carbocycles. The second kappa shape index (κ2) is 3.74. The summed E-state index contributed by atoms with van der Waals surface area (Å²) in [6, 6.07) is 0. The SMILES string of the molecule is CCCC[C@H]1C(=O)OC[C@@H]1C. The number of rotatable bonds is 3. The van der Waals surface area contributed by atoms with Crippen molar-refractivity contribution in [2.24, 2.45) is 11.8 Å². The molecule has 64 valence electrons. The Balaban J connectivity index is 2.35. The molecule has 2 heteroatoms. The normalized spacial score (nSPS) is 30.5. The molecule has 0 bridgehead atoms. The second-order valence-electron chi connectivity index (χ2n) is 3.36. The fraction of sp³-hybridized carbons (Fsp3) is 0.889. The van der Waals surface area contributed by atoms with Crippen molar-refractivity contribution >= 4 is 5.97 Å². The maximum atomic E-state index is 11.1. The molecule has 1 aliphatic rings. The van der Waals surface area contributed by atoms with E-state index in [2.05, 4.69) is 13.8 Å². The number of cyclic esters (lactones) is 1. The largest absolute Gasteiger partial charge is 0.465 e. The summed E-state index contributed by atoms with van der Waals surface area (Å²) < 4.78 is 4.94. The smallest absolute Gasteiger partial charge is 0.309 e. The van der Waals surface area contributed by atoms with E-state index in [1.165, 1.54) is 0 Å². The molecule has 0 amide bonds. The molecule has 1 saturated heterocycles. The molecule has 1 rings (SSSR count). The molecule has 0 aromatic carbocycles. The summed E-state index contributed by atoms with van der Waals surface area (Å²) in [7, 11) is 0. The van der Waals surface area contributed by atoms with Crippen LogP contribution < -0.4 is 0 Å². The lowest BCUT2D eigenvalue weighted by atomic mass is 9.92. The molecule has 0 unspecified atom stereocenters. The lowest BCUT2D eigenvalue weighted by Gasteiger charge is -2.07. The van der Waals surface area contributed by atoms with Gasteiger partial charge in [0.25, 0.3) is 0 Å². The monoisotopic (exact) mass is 156 g/mol. The van der Waals surface area contributed by atoms with Crippen molar-refractivity contribution in [3.8, 4) is 0 Å². The second-order valence-corrected chi connectivity index (χ2v) is 3.36. The number of ether oxygens (including phenoxy) is 1. The van der Waals surface area contributed by atoms with E-state index in [4.69, 9.17) is 4.74 Å². The highest BCUT2D eigenvalue weighted by Crippen LogP contribution is 2.26. The molecule has 0 aromatic rings. The Hall–Kier alpha value is -0.530. The molecule has 0 saturated carbocycles. The van der Waals surface area contributed by atoms with Gasteiger partial charge in [-0.1, -0.05) is 26.7 Å². The fourth-order valence-corrected chi connectivity index (χ4v) is 1.50. The number of hydrogen-bond acceptors (Lipinski definition) is 2. The third kappa shape index (κ3) is 1.95. The first-order valence-corrected chi connectivity index (χ1v) is 4.42. The summed E-state index contributed by atoms with van der Waals surface area (Å²) in [5.41, 5.74) is 0. The molecule has 2 atom stereocenters. The van der Waals surface area contributed by atoms with Crippen LogP contribution in [0, 0.1) is 11.8 Å². The van der Waals surface area contributed by atoms with Crippen molar-refractivity contribution in [2.45, 2.75) is 33.1 Å². The van der Waals surface area contributed by atoms with Gasteiger partial charge in [0.15, 0.2) is 0 Å². The number of carbonyl (C=O) groups excluding carboxylic acids is 1. The first kappa shape index (κ1) is 8.57. The van der Waals surface area contributed by atoms with Crippen molar-refractivity contribution in [3.05, 3.63) is 0 Å². The highest BCUT2D eigenvalue weighted by Gasteiger charge is 2.32. The Labute approximate surface area is 67.9 Å². The van der Waals surface area contributed by atoms with Crippen molar-refractivity contribution in [2.75, 3.05) is 6.61 Å². The number of carbonyl (C=O) groups is 1. The van der Waals surface area contributed by atoms with Gasteiger partial charge >= 0.3 is 5.97 Å². The van der Waals surface area contributed by atoms with Crippen LogP contribution in [0.25, 0.3) is 0 Å². The van der Waals surface area contributed by atoms with Gasteiger partial charge in [0.1, 0.15) is 0 Å². The topological polar surface area (TPSA) is 26.3 Å². The quantitative estimate of drug-likeness (QED) is 0.584. The first-order valence-electron chi connectivity index (χ1n) is 4.42. The third-order valence-electron chi connectivity index (χ3n) is 2.35. The third-order valence-corrected chi connectivity index (χ3v) is 2.35. The zero-order valence-electron chi connectivity index (χ0n) is 7.30. The van der Waals surface area contributed by atoms with Gasteiger partial charge in [-0.25, -0.2) is 0 Å². The van der Waals surface area contributed by atoms with Gasteiger partial charge in [-0.05, 0) is 6.42 Å². The van der Waals surface area contributed by atoms with Crippen LogP contribution in [0.15, 0.2) is 0 Å². The summed E-state index contributed by atoms with van der Waals surface area (Å²) in [6.07, 6.45) is 3.32. The van der Waals surface area contributed by atoms with E-state index in [0.717, 1.165) is 19.3 Å². The van der Waals surface area contributed by atoms with Crippen LogP contribution in [0.3, 0.4) is 0 Å². The van der Waals surface area contributed by atoms with Gasteiger partial charge in [0.05, 0.1) is 12.5 Å². The molecule has 0 radical (unpaired) electrons. The maximum absolute atomic E-state index is 11.1. The van der Waals surface area contributed by atoms with Gasteiger partial charge in [0.2, 0.25) is 0 Å². The summed E-state index contributed by atoms with van der Waals surface area (Å²) in [5, 5.41) is 0. The van der Waals surface area contributed by atoms with Gasteiger partial charge in [-0.2, -0.15) is 0 Å². The van der Waals surface area contributed by atoms with E-state index < -0.39 is 0 Å². The predicted molar refractivity (Wildman–Crippen MR) is 43.1 cm³/mol. The minimum atomic E-state index is 0.0194. The predicted octanol–water partition coefficient (Wildman–Crippen LogP) is 1.99. The number of unbranched alkanes of at least 4 members (excludes halogenated alkanes) is 1. The maximum Gasteiger partial charge on any atom is 0.309 e. The molecular weight excluding hydrogens is 140 g/mol. The molecule has 0 aromatic heterocycles. The highest BCUT2D eigenvalue weighted by molar-refractivity contribution is 5.74. The molecule has 1 fully saturated rings. The molecule has 2 nitrogen and oxygen atoms in total. The van der Waals surface area contributed by atoms with Gasteiger partial charge in [-0.3, -0.25) is 4.79 Å². The van der Waals surface area contributed by atoms with Gasteiger partial charge in [0, 0.05) is 5.92 Å². The van der Waals surface area contributed by atoms with Crippen molar-refractivity contribution < 1.29 is 9.53 Å². The molecule has 0 N–H and O–H groups in total. The zero-order chi connectivity index (χ0) is 8.27. The Kier molecular flexibility index (Phi) is 2.92. The fourth-order valence-electron chi connectivity index (χ4n) is 1.50. The van der Waals surface area contributed by atoms with Crippen LogP contribution in [-0.4, -0.2) is 12.6 Å². The molecule has 0 spiro atoms. The summed E-state index contributed by atoms with van der Waals surface area (Å²) in [5.74, 6) is 0.648. The first-order chi connectivity index (χ1) is 5.25. The van der Waals surface area contributed by atoms with Crippen LogP contribution >= 0.6 is 0 Å². The zero-order valence-corrected chi connectivity index (χ0v) is 7.30. The Morgan fingerprint density at radius 3 is 2.82 bits per heavy atom. The van der Waals surface area contributed by atoms with Gasteiger partial charge in [-0.15, -0.1) is 0 Å². The summed E-state index contributed by atoms with van der Waals surface area (Å²) in [6.45, 7) is 4.86. The van der Waals surface area contributed by atoms with Crippen LogP contribution in [0.4, 0.5) is 0 Å². The molecule has 11 heavy (non-hydrogen) atoms. The Bertz CT molecular complexity index is 142. The van der Waals surface area contributed by atoms with E-state index in [1.807, 2.05) is 0 Å². The lowest BCUT2D eigenvalue weighted by molar-refractivity contribution is -0.141. The lowest BCUT2D eigenvalue weighted by Crippen LogP contribution is -2.12.